The first-order valence-corrected chi connectivity index (χ1v) is 12.5. The van der Waals surface area contributed by atoms with Crippen molar-refractivity contribution in [1.82, 2.24) is 9.88 Å². The summed E-state index contributed by atoms with van der Waals surface area (Å²) >= 11 is 8.66. The number of anilines is 1. The molecule has 3 amide bonds. The fraction of sp³-hybridized carbons (Fsp3) is 0.364. The van der Waals surface area contributed by atoms with Crippen LogP contribution in [-0.2, 0) is 14.4 Å². The Kier molecular flexibility index (Phi) is 4.64. The average Bonchev–Trinajstić information content (AvgIpc) is 3.47. The Hall–Kier alpha value is -2.36. The number of rotatable bonds is 4. The Labute approximate surface area is 196 Å². The summed E-state index contributed by atoms with van der Waals surface area (Å²) in [6.07, 6.45) is 2.94. The molecule has 5 atom stereocenters. The van der Waals surface area contributed by atoms with Crippen molar-refractivity contribution in [1.29, 1.82) is 0 Å². The molecule has 2 aliphatic heterocycles. The molecule has 2 N–H and O–H groups in total. The lowest BCUT2D eigenvalue weighted by Gasteiger charge is -2.32. The third kappa shape index (κ3) is 3.02. The third-order valence-electron chi connectivity index (χ3n) is 6.93. The lowest BCUT2D eigenvalue weighted by atomic mass is 9.77. The van der Waals surface area contributed by atoms with Gasteiger partial charge in [0.25, 0.3) is 0 Å². The van der Waals surface area contributed by atoms with Gasteiger partial charge >= 0.3 is 4.87 Å². The van der Waals surface area contributed by atoms with Crippen LogP contribution in [0.3, 0.4) is 0 Å². The predicted molar refractivity (Wildman–Crippen MR) is 123 cm³/mol. The minimum absolute atomic E-state index is 0.0391. The lowest BCUT2D eigenvalue weighted by Crippen LogP contribution is -2.35. The van der Waals surface area contributed by atoms with Crippen molar-refractivity contribution in [2.75, 3.05) is 11.9 Å². The van der Waals surface area contributed by atoms with E-state index >= 15 is 0 Å². The smallest absolute Gasteiger partial charge is 0.305 e. The van der Waals surface area contributed by atoms with Gasteiger partial charge in [0.1, 0.15) is 0 Å². The molecule has 0 spiro atoms. The van der Waals surface area contributed by atoms with Gasteiger partial charge in [0.15, 0.2) is 0 Å². The van der Waals surface area contributed by atoms with Crippen LogP contribution in [0.5, 0.6) is 0 Å². The van der Waals surface area contributed by atoms with Gasteiger partial charge in [-0.25, -0.2) is 0 Å². The summed E-state index contributed by atoms with van der Waals surface area (Å²) in [6.45, 7) is 0.0844. The van der Waals surface area contributed by atoms with Crippen molar-refractivity contribution in [3.05, 3.63) is 49.4 Å². The van der Waals surface area contributed by atoms with Crippen LogP contribution in [0.2, 0.25) is 5.02 Å². The number of likely N-dealkylation sites (tertiary alicyclic amines) is 1. The van der Waals surface area contributed by atoms with Crippen molar-refractivity contribution >= 4 is 64.2 Å². The van der Waals surface area contributed by atoms with Gasteiger partial charge < -0.3 is 10.3 Å². The highest BCUT2D eigenvalue weighted by molar-refractivity contribution is 8.00. The van der Waals surface area contributed by atoms with Crippen molar-refractivity contribution < 1.29 is 14.4 Å². The van der Waals surface area contributed by atoms with E-state index in [1.165, 1.54) is 21.8 Å². The summed E-state index contributed by atoms with van der Waals surface area (Å²) in [5.74, 6) is -1.12. The zero-order valence-electron chi connectivity index (χ0n) is 16.7. The van der Waals surface area contributed by atoms with Gasteiger partial charge in [-0.3, -0.25) is 24.1 Å². The Bertz CT molecular complexity index is 1250. The first-order chi connectivity index (χ1) is 15.4. The minimum atomic E-state index is -0.341. The van der Waals surface area contributed by atoms with E-state index in [1.54, 1.807) is 36.0 Å². The Balaban J connectivity index is 1.17. The van der Waals surface area contributed by atoms with Gasteiger partial charge in [-0.1, -0.05) is 40.3 Å². The average molecular weight is 488 g/mol. The highest BCUT2D eigenvalue weighted by Crippen LogP contribution is 2.64. The van der Waals surface area contributed by atoms with Crippen LogP contribution >= 0.6 is 34.7 Å². The fourth-order valence-corrected chi connectivity index (χ4v) is 8.24. The molecule has 2 saturated carbocycles. The summed E-state index contributed by atoms with van der Waals surface area (Å²) < 4.78 is 0. The van der Waals surface area contributed by atoms with E-state index in [0.29, 0.717) is 10.7 Å². The summed E-state index contributed by atoms with van der Waals surface area (Å²) in [5.41, 5.74) is 1.81. The van der Waals surface area contributed by atoms with Crippen LogP contribution < -0.4 is 10.2 Å². The van der Waals surface area contributed by atoms with Gasteiger partial charge in [-0.15, -0.1) is 0 Å². The number of carbonyl (C=O) groups excluding carboxylic acids is 3. The number of imide groups is 1. The number of hydrogen-bond donors (Lipinski definition) is 2. The number of halogens is 1. The number of hydrogen-bond acceptors (Lipinski definition) is 6. The normalized spacial score (nSPS) is 29.6. The van der Waals surface area contributed by atoms with Gasteiger partial charge in [-0.2, -0.15) is 0 Å². The Morgan fingerprint density at radius 1 is 1.16 bits per heavy atom. The maximum absolute atomic E-state index is 13.2. The van der Waals surface area contributed by atoms with E-state index in [0.717, 1.165) is 16.3 Å². The van der Waals surface area contributed by atoms with E-state index in [-0.39, 0.29) is 64.5 Å². The molecule has 4 aliphatic rings. The largest absolute Gasteiger partial charge is 0.326 e. The SMILES string of the molecule is O=C(CCN1C(=O)[C@@H]2[C@H]3C[C@@H](C4=Cc5sc(=O)[nH]c5S[C@H]43)[C@H]2C1=O)Nc1ccc(Cl)cc1. The van der Waals surface area contributed by atoms with E-state index in [9.17, 15) is 19.2 Å². The van der Waals surface area contributed by atoms with E-state index < -0.39 is 0 Å². The second-order valence-corrected chi connectivity index (χ2v) is 11.2. The number of aromatic amines is 1. The summed E-state index contributed by atoms with van der Waals surface area (Å²) in [4.78, 5) is 55.5. The van der Waals surface area contributed by atoms with Crippen molar-refractivity contribution in [3.63, 3.8) is 0 Å². The van der Waals surface area contributed by atoms with Crippen molar-refractivity contribution in [2.24, 2.45) is 23.7 Å². The Morgan fingerprint density at radius 2 is 1.91 bits per heavy atom. The first kappa shape index (κ1) is 20.3. The minimum Gasteiger partial charge on any atom is -0.326 e. The number of H-pyrrole nitrogens is 1. The fourth-order valence-electron chi connectivity index (χ4n) is 5.67. The van der Waals surface area contributed by atoms with Crippen molar-refractivity contribution in [2.45, 2.75) is 23.1 Å². The number of amides is 3. The molecule has 32 heavy (non-hydrogen) atoms. The molecule has 6 rings (SSSR count). The molecule has 1 aromatic carbocycles. The molecule has 1 aromatic heterocycles. The first-order valence-electron chi connectivity index (χ1n) is 10.4. The monoisotopic (exact) mass is 487 g/mol. The van der Waals surface area contributed by atoms with E-state index in [2.05, 4.69) is 16.4 Å². The molecule has 3 heterocycles. The molecule has 3 fully saturated rings. The van der Waals surface area contributed by atoms with Crippen LogP contribution in [0.1, 0.15) is 17.7 Å². The maximum Gasteiger partial charge on any atom is 0.305 e. The van der Waals surface area contributed by atoms with E-state index in [4.69, 9.17) is 11.6 Å². The maximum atomic E-state index is 13.2. The second kappa shape index (κ2) is 7.33. The number of thioether (sulfide) groups is 1. The summed E-state index contributed by atoms with van der Waals surface area (Å²) in [7, 11) is 0. The zero-order chi connectivity index (χ0) is 22.1. The third-order valence-corrected chi connectivity index (χ3v) is 9.57. The number of fused-ring (bicyclic) bond motifs is 9. The highest BCUT2D eigenvalue weighted by atomic mass is 35.5. The number of nitrogens with one attached hydrogen (secondary N) is 2. The van der Waals surface area contributed by atoms with E-state index in [1.807, 2.05) is 0 Å². The molecular weight excluding hydrogens is 470 g/mol. The van der Waals surface area contributed by atoms with Crippen LogP contribution in [0.4, 0.5) is 5.69 Å². The quantitative estimate of drug-likeness (QED) is 0.645. The second-order valence-electron chi connectivity index (χ2n) is 8.58. The van der Waals surface area contributed by atoms with Gasteiger partial charge in [-0.05, 0) is 48.6 Å². The number of aromatic nitrogens is 1. The lowest BCUT2D eigenvalue weighted by molar-refractivity contribution is -0.140. The number of carbonyl (C=O) groups is 3. The number of thiazole rings is 1. The van der Waals surface area contributed by atoms with Crippen molar-refractivity contribution in [3.8, 4) is 0 Å². The molecule has 0 unspecified atom stereocenters. The molecule has 0 radical (unpaired) electrons. The molecule has 2 aromatic rings. The summed E-state index contributed by atoms with van der Waals surface area (Å²) in [5, 5.41) is 4.34. The molecular formula is C22H18ClN3O4S2. The molecule has 10 heteroatoms. The molecule has 7 nitrogen and oxygen atoms in total. The molecule has 2 bridgehead atoms. The predicted octanol–water partition coefficient (Wildman–Crippen LogP) is 3.23. The van der Waals surface area contributed by atoms with Gasteiger partial charge in [0.05, 0.1) is 21.7 Å². The molecule has 164 valence electrons. The number of benzene rings is 1. The van der Waals surface area contributed by atoms with Gasteiger partial charge in [0, 0.05) is 28.9 Å². The number of nitrogens with zero attached hydrogens (tertiary/aromatic N) is 1. The molecule has 1 saturated heterocycles. The van der Waals surface area contributed by atoms with Gasteiger partial charge in [0.2, 0.25) is 17.7 Å². The van der Waals surface area contributed by atoms with Crippen LogP contribution in [0.15, 0.2) is 39.7 Å². The van der Waals surface area contributed by atoms with Crippen LogP contribution in [0, 0.1) is 23.7 Å². The zero-order valence-corrected chi connectivity index (χ0v) is 19.1. The molecule has 2 aliphatic carbocycles. The Morgan fingerprint density at radius 3 is 2.69 bits per heavy atom. The summed E-state index contributed by atoms with van der Waals surface area (Å²) in [6, 6.07) is 6.77. The standard InChI is InChI=1S/C22H18ClN3O4S2/c23-9-1-3-10(4-2-9)24-15(27)5-6-26-20(28)16-11-7-13(17(16)21(26)29)18-12(11)8-14-19(32-18)25-22(30)31-14/h1-4,8,11,13,16-18H,5-7H2,(H,24,27)(H,25,30)/t11-,13+,16+,17+,18+/m0/s1. The topological polar surface area (TPSA) is 99.3 Å². The highest BCUT2D eigenvalue weighted by Gasteiger charge is 2.66. The van der Waals surface area contributed by atoms with Crippen LogP contribution in [0.25, 0.3) is 6.08 Å². The van der Waals surface area contributed by atoms with Crippen LogP contribution in [-0.4, -0.2) is 39.4 Å².